The van der Waals surface area contributed by atoms with Crippen LogP contribution in [0.5, 0.6) is 5.75 Å². The molecule has 0 aromatic heterocycles. The monoisotopic (exact) mass is 337 g/mol. The Labute approximate surface area is 137 Å². The molecule has 1 N–H and O–H groups in total. The summed E-state index contributed by atoms with van der Waals surface area (Å²) in [6.07, 6.45) is 3.45. The average Bonchev–Trinajstić information content (AvgIpc) is 2.42. The molecule has 23 heavy (non-hydrogen) atoms. The van der Waals surface area contributed by atoms with Crippen LogP contribution < -0.4 is 10.1 Å². The minimum absolute atomic E-state index is 0.0226. The molecule has 1 aromatic rings. The quantitative estimate of drug-likeness (QED) is 0.810. The van der Waals surface area contributed by atoms with Gasteiger partial charge in [0.1, 0.15) is 5.75 Å². The molecule has 5 nitrogen and oxygen atoms in total. The van der Waals surface area contributed by atoms with E-state index in [-0.39, 0.29) is 28.7 Å². The van der Waals surface area contributed by atoms with Crippen LogP contribution in [0, 0.1) is 11.3 Å². The Morgan fingerprint density at radius 2 is 2.09 bits per heavy atom. The van der Waals surface area contributed by atoms with Gasteiger partial charge in [-0.05, 0) is 36.8 Å². The summed E-state index contributed by atoms with van der Waals surface area (Å²) < 4.78 is 28.2. The first kappa shape index (κ1) is 16.3. The van der Waals surface area contributed by atoms with E-state index >= 15 is 0 Å². The van der Waals surface area contributed by atoms with E-state index in [1.807, 2.05) is 24.3 Å². The Bertz CT molecular complexity index is 678. The van der Waals surface area contributed by atoms with E-state index in [0.717, 1.165) is 24.3 Å². The van der Waals surface area contributed by atoms with Crippen molar-refractivity contribution in [1.82, 2.24) is 0 Å². The van der Waals surface area contributed by atoms with Gasteiger partial charge in [0.05, 0.1) is 18.1 Å². The molecule has 1 aromatic carbocycles. The number of carbonyl (C=O) groups is 1. The van der Waals surface area contributed by atoms with E-state index in [1.54, 1.807) is 0 Å². The Balaban J connectivity index is 1.50. The van der Waals surface area contributed by atoms with Crippen molar-refractivity contribution in [1.29, 1.82) is 0 Å². The van der Waals surface area contributed by atoms with E-state index in [0.29, 0.717) is 19.4 Å². The van der Waals surface area contributed by atoms with Gasteiger partial charge in [-0.15, -0.1) is 0 Å². The van der Waals surface area contributed by atoms with Crippen LogP contribution in [-0.4, -0.2) is 32.4 Å². The van der Waals surface area contributed by atoms with Gasteiger partial charge in [0.2, 0.25) is 5.91 Å². The number of benzene rings is 1. The highest BCUT2D eigenvalue weighted by atomic mass is 32.2. The predicted molar refractivity (Wildman–Crippen MR) is 89.3 cm³/mol. The lowest BCUT2D eigenvalue weighted by atomic mass is 9.63. The van der Waals surface area contributed by atoms with Crippen LogP contribution >= 0.6 is 0 Å². The van der Waals surface area contributed by atoms with Gasteiger partial charge in [0.25, 0.3) is 0 Å². The van der Waals surface area contributed by atoms with Crippen molar-refractivity contribution in [3.8, 4) is 5.75 Å². The minimum Gasteiger partial charge on any atom is -0.494 e. The predicted octanol–water partition coefficient (Wildman–Crippen LogP) is 2.63. The Morgan fingerprint density at radius 3 is 2.74 bits per heavy atom. The van der Waals surface area contributed by atoms with Crippen LogP contribution in [0.25, 0.3) is 0 Å². The summed E-state index contributed by atoms with van der Waals surface area (Å²) in [5, 5.41) is 2.91. The molecular formula is C17H23NO4S. The summed E-state index contributed by atoms with van der Waals surface area (Å²) in [6, 6.07) is 7.41. The number of ether oxygens (including phenoxy) is 1. The van der Waals surface area contributed by atoms with Crippen LogP contribution in [0.1, 0.15) is 32.6 Å². The van der Waals surface area contributed by atoms with Gasteiger partial charge < -0.3 is 10.1 Å². The number of amides is 1. The first-order valence-corrected chi connectivity index (χ1v) is 9.98. The van der Waals surface area contributed by atoms with Crippen molar-refractivity contribution in [2.45, 2.75) is 32.6 Å². The molecule has 0 radical (unpaired) electrons. The lowest BCUT2D eigenvalue weighted by Crippen LogP contribution is -2.58. The SMILES string of the molecule is CCCCOc1cccc(NC(=O)C2CC3(C2)CS(=O)(=O)C3)c1. The molecule has 1 aliphatic heterocycles. The van der Waals surface area contributed by atoms with Gasteiger partial charge in [0, 0.05) is 17.7 Å². The Kier molecular flexibility index (Phi) is 4.36. The van der Waals surface area contributed by atoms with Crippen LogP contribution in [0.2, 0.25) is 0 Å². The van der Waals surface area contributed by atoms with Crippen LogP contribution in [0.4, 0.5) is 5.69 Å². The molecule has 2 fully saturated rings. The number of anilines is 1. The maximum Gasteiger partial charge on any atom is 0.227 e. The summed E-state index contributed by atoms with van der Waals surface area (Å²) in [6.45, 7) is 2.78. The molecule has 1 heterocycles. The molecular weight excluding hydrogens is 314 g/mol. The zero-order valence-electron chi connectivity index (χ0n) is 13.4. The fourth-order valence-electron chi connectivity index (χ4n) is 3.54. The van der Waals surface area contributed by atoms with Gasteiger partial charge in [-0.3, -0.25) is 4.79 Å². The van der Waals surface area contributed by atoms with Crippen molar-refractivity contribution in [3.63, 3.8) is 0 Å². The largest absolute Gasteiger partial charge is 0.494 e. The second kappa shape index (κ2) is 6.15. The van der Waals surface area contributed by atoms with Gasteiger partial charge in [-0.25, -0.2) is 8.42 Å². The number of carbonyl (C=O) groups excluding carboxylic acids is 1. The maximum absolute atomic E-state index is 12.3. The fraction of sp³-hybridized carbons (Fsp3) is 0.588. The van der Waals surface area contributed by atoms with Crippen LogP contribution in [-0.2, 0) is 14.6 Å². The van der Waals surface area contributed by atoms with E-state index in [1.165, 1.54) is 0 Å². The third-order valence-electron chi connectivity index (χ3n) is 4.65. The van der Waals surface area contributed by atoms with E-state index in [4.69, 9.17) is 4.74 Å². The molecule has 1 aliphatic carbocycles. The lowest BCUT2D eigenvalue weighted by Gasteiger charge is -2.52. The summed E-state index contributed by atoms with van der Waals surface area (Å²) >= 11 is 0. The Morgan fingerprint density at radius 1 is 1.35 bits per heavy atom. The summed E-state index contributed by atoms with van der Waals surface area (Å²) in [7, 11) is -2.82. The van der Waals surface area contributed by atoms with Crippen LogP contribution in [0.15, 0.2) is 24.3 Å². The zero-order chi connectivity index (χ0) is 16.5. The molecule has 6 heteroatoms. The van der Waals surface area contributed by atoms with E-state index in [9.17, 15) is 13.2 Å². The van der Waals surface area contributed by atoms with Gasteiger partial charge in [-0.2, -0.15) is 0 Å². The molecule has 1 amide bonds. The molecule has 0 atom stereocenters. The number of hydrogen-bond donors (Lipinski definition) is 1. The van der Waals surface area contributed by atoms with Crippen molar-refractivity contribution in [2.24, 2.45) is 11.3 Å². The summed E-state index contributed by atoms with van der Waals surface area (Å²) in [4.78, 5) is 12.3. The molecule has 1 saturated heterocycles. The molecule has 0 unspecified atom stereocenters. The summed E-state index contributed by atoms with van der Waals surface area (Å²) in [5.41, 5.74) is 0.623. The van der Waals surface area contributed by atoms with Gasteiger partial charge in [-0.1, -0.05) is 19.4 Å². The zero-order valence-corrected chi connectivity index (χ0v) is 14.2. The number of nitrogens with one attached hydrogen (secondary N) is 1. The van der Waals surface area contributed by atoms with E-state index in [2.05, 4.69) is 12.2 Å². The first-order valence-electron chi connectivity index (χ1n) is 8.16. The number of hydrogen-bond acceptors (Lipinski definition) is 4. The highest BCUT2D eigenvalue weighted by molar-refractivity contribution is 7.92. The minimum atomic E-state index is -2.82. The molecule has 1 spiro atoms. The highest BCUT2D eigenvalue weighted by Gasteiger charge is 2.57. The van der Waals surface area contributed by atoms with Gasteiger partial charge in [0.15, 0.2) is 9.84 Å². The number of sulfone groups is 1. The molecule has 126 valence electrons. The third kappa shape index (κ3) is 3.68. The van der Waals surface area contributed by atoms with E-state index < -0.39 is 9.84 Å². The topological polar surface area (TPSA) is 72.5 Å². The van der Waals surface area contributed by atoms with Crippen molar-refractivity contribution < 1.29 is 17.9 Å². The second-order valence-corrected chi connectivity index (χ2v) is 8.92. The van der Waals surface area contributed by atoms with Crippen LogP contribution in [0.3, 0.4) is 0 Å². The van der Waals surface area contributed by atoms with Crippen molar-refractivity contribution in [3.05, 3.63) is 24.3 Å². The average molecular weight is 337 g/mol. The number of unbranched alkanes of at least 4 members (excludes halogenated alkanes) is 1. The summed E-state index contributed by atoms with van der Waals surface area (Å²) in [5.74, 6) is 1.17. The standard InChI is InChI=1S/C17H23NO4S/c1-2-3-7-22-15-6-4-5-14(8-15)18-16(19)13-9-17(10-13)11-23(20,21)12-17/h4-6,8,13H,2-3,7,9-12H2,1H3,(H,18,19). The van der Waals surface area contributed by atoms with Gasteiger partial charge >= 0.3 is 0 Å². The molecule has 2 aliphatic rings. The van der Waals surface area contributed by atoms with Crippen molar-refractivity contribution >= 4 is 21.4 Å². The molecule has 0 bridgehead atoms. The van der Waals surface area contributed by atoms with Crippen molar-refractivity contribution in [2.75, 3.05) is 23.4 Å². The molecule has 1 saturated carbocycles. The molecule has 3 rings (SSSR count). The second-order valence-electron chi connectivity index (χ2n) is 6.86. The third-order valence-corrected chi connectivity index (χ3v) is 6.75. The Hall–Kier alpha value is -1.56. The smallest absolute Gasteiger partial charge is 0.227 e. The first-order chi connectivity index (χ1) is 10.9. The normalized spacial score (nSPS) is 21.3. The fourth-order valence-corrected chi connectivity index (χ4v) is 5.79. The lowest BCUT2D eigenvalue weighted by molar-refractivity contribution is -0.126. The number of rotatable bonds is 6. The highest BCUT2D eigenvalue weighted by Crippen LogP contribution is 2.53. The maximum atomic E-state index is 12.3.